The van der Waals surface area contributed by atoms with Crippen LogP contribution in [0.15, 0.2) is 12.4 Å². The fraction of sp³-hybridized carbons (Fsp3) is 0.167. The molecule has 0 atom stereocenters. The number of nitrogens with two attached hydrogens (primary N) is 1. The van der Waals surface area contributed by atoms with Crippen LogP contribution in [0.3, 0.4) is 0 Å². The lowest BCUT2D eigenvalue weighted by Gasteiger charge is -2.01. The number of aryl methyl sites for hydroxylation is 1. The molecule has 0 radical (unpaired) electrons. The number of amides is 3. The number of hydrogen-bond acceptors (Lipinski definition) is 3. The molecule has 13 heavy (non-hydrogen) atoms. The average Bonchev–Trinajstić information content (AvgIpc) is 2.33. The molecule has 0 aromatic carbocycles. The van der Waals surface area contributed by atoms with Crippen molar-refractivity contribution in [2.45, 2.75) is 6.92 Å². The van der Waals surface area contributed by atoms with Crippen LogP contribution in [0.1, 0.15) is 5.82 Å². The molecule has 0 saturated carbocycles. The van der Waals surface area contributed by atoms with Crippen molar-refractivity contribution < 1.29 is 9.59 Å². The van der Waals surface area contributed by atoms with E-state index in [0.29, 0.717) is 5.82 Å². The summed E-state index contributed by atoms with van der Waals surface area (Å²) in [6, 6.07) is -1.48. The summed E-state index contributed by atoms with van der Waals surface area (Å²) in [5.74, 6) is 0.494. The van der Waals surface area contributed by atoms with Crippen LogP contribution >= 0.6 is 12.4 Å². The summed E-state index contributed by atoms with van der Waals surface area (Å²) in [5.41, 5.74) is 4.74. The number of hydrogen-bond donors (Lipinski definition) is 2. The molecule has 0 fully saturated rings. The molecule has 3 amide bonds. The van der Waals surface area contributed by atoms with E-state index in [-0.39, 0.29) is 12.4 Å². The Balaban J connectivity index is 0.00000144. The number of rotatable bonds is 0. The Hall–Kier alpha value is -1.56. The summed E-state index contributed by atoms with van der Waals surface area (Å²) in [5, 5.41) is 1.91. The molecule has 6 nitrogen and oxygen atoms in total. The molecule has 0 spiro atoms. The smallest absolute Gasteiger partial charge is 0.335 e. The van der Waals surface area contributed by atoms with Gasteiger partial charge in [0.05, 0.1) is 0 Å². The van der Waals surface area contributed by atoms with Crippen LogP contribution in [0, 0.1) is 6.92 Å². The fourth-order valence-electron chi connectivity index (χ4n) is 0.758. The van der Waals surface area contributed by atoms with Crippen molar-refractivity contribution in [1.82, 2.24) is 14.9 Å². The Morgan fingerprint density at radius 1 is 1.62 bits per heavy atom. The van der Waals surface area contributed by atoms with E-state index in [0.717, 1.165) is 0 Å². The number of nitrogens with zero attached hydrogens (tertiary/aromatic N) is 2. The molecule has 0 aliphatic carbocycles. The van der Waals surface area contributed by atoms with E-state index in [4.69, 9.17) is 5.73 Å². The third-order valence-electron chi connectivity index (χ3n) is 1.27. The highest BCUT2D eigenvalue weighted by atomic mass is 35.5. The summed E-state index contributed by atoms with van der Waals surface area (Å²) in [6.07, 6.45) is 2.89. The third-order valence-corrected chi connectivity index (χ3v) is 1.27. The second-order valence-corrected chi connectivity index (χ2v) is 2.14. The van der Waals surface area contributed by atoms with Crippen LogP contribution in [-0.2, 0) is 0 Å². The lowest BCUT2D eigenvalue weighted by Crippen LogP contribution is -2.38. The first-order valence-electron chi connectivity index (χ1n) is 3.22. The molecule has 0 aliphatic rings. The van der Waals surface area contributed by atoms with Gasteiger partial charge in [-0.1, -0.05) is 0 Å². The Morgan fingerprint density at radius 2 is 2.23 bits per heavy atom. The van der Waals surface area contributed by atoms with E-state index in [1.165, 1.54) is 17.0 Å². The summed E-state index contributed by atoms with van der Waals surface area (Å²) in [6.45, 7) is 1.64. The van der Waals surface area contributed by atoms with Crippen molar-refractivity contribution in [2.75, 3.05) is 0 Å². The average molecular weight is 205 g/mol. The first kappa shape index (κ1) is 11.4. The summed E-state index contributed by atoms with van der Waals surface area (Å²) in [7, 11) is 0. The second-order valence-electron chi connectivity index (χ2n) is 2.14. The van der Waals surface area contributed by atoms with E-state index >= 15 is 0 Å². The van der Waals surface area contributed by atoms with Crippen molar-refractivity contribution in [2.24, 2.45) is 5.73 Å². The number of halogens is 1. The zero-order chi connectivity index (χ0) is 9.14. The van der Waals surface area contributed by atoms with Crippen molar-refractivity contribution in [1.29, 1.82) is 0 Å². The number of imide groups is 1. The fourth-order valence-corrected chi connectivity index (χ4v) is 0.758. The van der Waals surface area contributed by atoms with E-state index in [1.54, 1.807) is 6.92 Å². The quantitative estimate of drug-likeness (QED) is 0.635. The number of imidazole rings is 1. The highest BCUT2D eigenvalue weighted by Gasteiger charge is 2.07. The lowest BCUT2D eigenvalue weighted by atomic mass is 10.7. The number of carbonyl (C=O) groups excluding carboxylic acids is 2. The first-order chi connectivity index (χ1) is 5.61. The molecule has 3 N–H and O–H groups in total. The van der Waals surface area contributed by atoms with Gasteiger partial charge in [-0.15, -0.1) is 12.4 Å². The van der Waals surface area contributed by atoms with E-state index in [1.807, 2.05) is 5.32 Å². The van der Waals surface area contributed by atoms with Gasteiger partial charge in [0.15, 0.2) is 0 Å². The van der Waals surface area contributed by atoms with Gasteiger partial charge >= 0.3 is 12.1 Å². The SMILES string of the molecule is Cc1nccn1C(=O)NC(N)=O.Cl. The van der Waals surface area contributed by atoms with E-state index in [9.17, 15) is 9.59 Å². The van der Waals surface area contributed by atoms with Crippen LogP contribution in [-0.4, -0.2) is 21.6 Å². The highest BCUT2D eigenvalue weighted by molar-refractivity contribution is 5.93. The van der Waals surface area contributed by atoms with Crippen molar-refractivity contribution in [3.63, 3.8) is 0 Å². The Morgan fingerprint density at radius 3 is 2.62 bits per heavy atom. The van der Waals surface area contributed by atoms with Crippen LogP contribution < -0.4 is 11.1 Å². The maximum absolute atomic E-state index is 11.0. The molecule has 1 rings (SSSR count). The monoisotopic (exact) mass is 204 g/mol. The Kier molecular flexibility index (Phi) is 3.93. The molecule has 1 aromatic rings. The van der Waals surface area contributed by atoms with Gasteiger partial charge in [0, 0.05) is 12.4 Å². The zero-order valence-electron chi connectivity index (χ0n) is 6.85. The van der Waals surface area contributed by atoms with Gasteiger partial charge < -0.3 is 5.73 Å². The summed E-state index contributed by atoms with van der Waals surface area (Å²) >= 11 is 0. The van der Waals surface area contributed by atoms with Gasteiger partial charge in [0.25, 0.3) is 0 Å². The van der Waals surface area contributed by atoms with Crippen molar-refractivity contribution >= 4 is 24.5 Å². The predicted octanol–water partition coefficient (Wildman–Crippen LogP) is 0.250. The van der Waals surface area contributed by atoms with Crippen LogP contribution in [0.25, 0.3) is 0 Å². The van der Waals surface area contributed by atoms with Gasteiger partial charge in [-0.3, -0.25) is 9.88 Å². The molecule has 7 heteroatoms. The lowest BCUT2D eigenvalue weighted by molar-refractivity contribution is 0.232. The number of nitrogens with one attached hydrogen (secondary N) is 1. The number of primary amides is 1. The van der Waals surface area contributed by atoms with E-state index < -0.39 is 12.1 Å². The van der Waals surface area contributed by atoms with Gasteiger partial charge in [-0.2, -0.15) is 0 Å². The minimum Gasteiger partial charge on any atom is -0.351 e. The van der Waals surface area contributed by atoms with Crippen LogP contribution in [0.4, 0.5) is 9.59 Å². The number of urea groups is 1. The number of carbonyl (C=O) groups is 2. The molecular formula is C6H9ClN4O2. The van der Waals surface area contributed by atoms with Crippen molar-refractivity contribution in [3.8, 4) is 0 Å². The van der Waals surface area contributed by atoms with Gasteiger partial charge in [-0.25, -0.2) is 14.6 Å². The topological polar surface area (TPSA) is 90.0 Å². The minimum atomic E-state index is -0.881. The Bertz CT molecular complexity index is 322. The van der Waals surface area contributed by atoms with Crippen molar-refractivity contribution in [3.05, 3.63) is 18.2 Å². The van der Waals surface area contributed by atoms with Gasteiger partial charge in [0.1, 0.15) is 5.82 Å². The first-order valence-corrected chi connectivity index (χ1v) is 3.22. The molecule has 0 bridgehead atoms. The zero-order valence-corrected chi connectivity index (χ0v) is 7.67. The molecule has 0 unspecified atom stereocenters. The number of aromatic nitrogens is 2. The Labute approximate surface area is 80.5 Å². The second kappa shape index (κ2) is 4.46. The maximum Gasteiger partial charge on any atom is 0.335 e. The minimum absolute atomic E-state index is 0. The van der Waals surface area contributed by atoms with Gasteiger partial charge in [-0.05, 0) is 6.92 Å². The largest absolute Gasteiger partial charge is 0.351 e. The maximum atomic E-state index is 11.0. The molecule has 1 heterocycles. The standard InChI is InChI=1S/C6H8N4O2.ClH/c1-4-8-2-3-10(4)6(12)9-5(7)11;/h2-3H,1H3,(H3,7,9,11,12);1H. The molecule has 1 aromatic heterocycles. The normalized spacial score (nSPS) is 8.69. The van der Waals surface area contributed by atoms with E-state index in [2.05, 4.69) is 4.98 Å². The van der Waals surface area contributed by atoms with Crippen LogP contribution in [0.2, 0.25) is 0 Å². The molecule has 0 aliphatic heterocycles. The summed E-state index contributed by atoms with van der Waals surface area (Å²) in [4.78, 5) is 25.1. The highest BCUT2D eigenvalue weighted by Crippen LogP contribution is 1.92. The molecular weight excluding hydrogens is 196 g/mol. The summed E-state index contributed by atoms with van der Waals surface area (Å²) < 4.78 is 1.19. The molecule has 0 saturated heterocycles. The van der Waals surface area contributed by atoms with Crippen LogP contribution in [0.5, 0.6) is 0 Å². The van der Waals surface area contributed by atoms with Gasteiger partial charge in [0.2, 0.25) is 0 Å². The predicted molar refractivity (Wildman–Crippen MR) is 47.7 cm³/mol. The molecule has 72 valence electrons. The third kappa shape index (κ3) is 2.75.